The highest BCUT2D eigenvalue weighted by atomic mass is 16.6. The SMILES string of the molecule is O=C(CCC(=O)OCC(=O)Nc1cccc([N+](=O)[O-])c1)NCc1ccco1. The predicted molar refractivity (Wildman–Crippen MR) is 92.5 cm³/mol. The standard InChI is InChI=1S/C17H17N3O7/c21-15(18-10-14-5-2-8-26-14)6-7-17(23)27-11-16(22)19-12-3-1-4-13(9-12)20(24)25/h1-5,8-9H,6-7,10-11H2,(H,18,21)(H,19,22). The minimum atomic E-state index is -0.711. The van der Waals surface area contributed by atoms with Gasteiger partial charge in [-0.05, 0) is 18.2 Å². The molecule has 1 aromatic heterocycles. The summed E-state index contributed by atoms with van der Waals surface area (Å²) < 4.78 is 9.83. The number of furan rings is 1. The molecule has 0 fully saturated rings. The molecule has 0 aliphatic rings. The van der Waals surface area contributed by atoms with Gasteiger partial charge in [0.2, 0.25) is 5.91 Å². The van der Waals surface area contributed by atoms with Crippen molar-refractivity contribution in [3.63, 3.8) is 0 Å². The molecule has 0 saturated carbocycles. The van der Waals surface area contributed by atoms with Crippen LogP contribution in [-0.2, 0) is 25.7 Å². The molecule has 2 aromatic rings. The second-order valence-corrected chi connectivity index (χ2v) is 5.37. The first-order valence-corrected chi connectivity index (χ1v) is 7.93. The molecule has 0 saturated heterocycles. The van der Waals surface area contributed by atoms with E-state index in [1.807, 2.05) is 0 Å². The van der Waals surface area contributed by atoms with Crippen LogP contribution in [0.4, 0.5) is 11.4 Å². The van der Waals surface area contributed by atoms with E-state index in [0.29, 0.717) is 5.76 Å². The van der Waals surface area contributed by atoms with Gasteiger partial charge in [0.1, 0.15) is 5.76 Å². The zero-order valence-corrected chi connectivity index (χ0v) is 14.2. The van der Waals surface area contributed by atoms with Crippen molar-refractivity contribution < 1.29 is 28.5 Å². The molecule has 0 atom stereocenters. The van der Waals surface area contributed by atoms with Crippen LogP contribution >= 0.6 is 0 Å². The summed E-state index contributed by atoms with van der Waals surface area (Å²) in [5.41, 5.74) is 0.0351. The molecule has 0 aliphatic heterocycles. The monoisotopic (exact) mass is 375 g/mol. The van der Waals surface area contributed by atoms with E-state index in [4.69, 9.17) is 9.15 Å². The number of non-ortho nitro benzene ring substituents is 1. The predicted octanol–water partition coefficient (Wildman–Crippen LogP) is 1.77. The summed E-state index contributed by atoms with van der Waals surface area (Å²) in [6.45, 7) is -0.345. The minimum Gasteiger partial charge on any atom is -0.467 e. The fraction of sp³-hybridized carbons (Fsp3) is 0.235. The second kappa shape index (κ2) is 9.70. The van der Waals surface area contributed by atoms with Gasteiger partial charge in [0.15, 0.2) is 6.61 Å². The number of nitro groups is 1. The van der Waals surface area contributed by atoms with Crippen LogP contribution in [0, 0.1) is 10.1 Å². The topological polar surface area (TPSA) is 141 Å². The molecular weight excluding hydrogens is 358 g/mol. The van der Waals surface area contributed by atoms with Gasteiger partial charge >= 0.3 is 5.97 Å². The maximum Gasteiger partial charge on any atom is 0.306 e. The van der Waals surface area contributed by atoms with Crippen LogP contribution in [0.15, 0.2) is 47.1 Å². The lowest BCUT2D eigenvalue weighted by atomic mass is 10.3. The lowest BCUT2D eigenvalue weighted by Gasteiger charge is -2.07. The molecular formula is C17H17N3O7. The van der Waals surface area contributed by atoms with Crippen molar-refractivity contribution in [3.8, 4) is 0 Å². The fourth-order valence-corrected chi connectivity index (χ4v) is 2.02. The van der Waals surface area contributed by atoms with Gasteiger partial charge in [0.25, 0.3) is 11.6 Å². The number of anilines is 1. The van der Waals surface area contributed by atoms with Gasteiger partial charge < -0.3 is 19.8 Å². The molecule has 142 valence electrons. The third-order valence-corrected chi connectivity index (χ3v) is 3.30. The number of hydrogen-bond donors (Lipinski definition) is 2. The molecule has 1 heterocycles. The number of hydrogen-bond acceptors (Lipinski definition) is 7. The third kappa shape index (κ3) is 6.98. The van der Waals surface area contributed by atoms with E-state index in [9.17, 15) is 24.5 Å². The maximum atomic E-state index is 11.7. The number of ether oxygens (including phenoxy) is 1. The summed E-state index contributed by atoms with van der Waals surface area (Å²) in [5, 5.41) is 15.6. The first kappa shape index (κ1) is 19.6. The molecule has 2 rings (SSSR count). The second-order valence-electron chi connectivity index (χ2n) is 5.37. The van der Waals surface area contributed by atoms with Gasteiger partial charge in [-0.3, -0.25) is 24.5 Å². The van der Waals surface area contributed by atoms with Gasteiger partial charge in [-0.15, -0.1) is 0 Å². The number of esters is 1. The van der Waals surface area contributed by atoms with Crippen molar-refractivity contribution >= 4 is 29.2 Å². The van der Waals surface area contributed by atoms with Crippen molar-refractivity contribution in [2.45, 2.75) is 19.4 Å². The summed E-state index contributed by atoms with van der Waals surface area (Å²) in [6, 6.07) is 8.75. The number of carbonyl (C=O) groups is 3. The Kier molecular flexibility index (Phi) is 7.06. The van der Waals surface area contributed by atoms with Crippen LogP contribution in [0.3, 0.4) is 0 Å². The lowest BCUT2D eigenvalue weighted by Crippen LogP contribution is -2.24. The summed E-state index contributed by atoms with van der Waals surface area (Å²) in [6.07, 6.45) is 1.21. The largest absolute Gasteiger partial charge is 0.467 e. The minimum absolute atomic E-state index is 0.0912. The molecule has 10 nitrogen and oxygen atoms in total. The van der Waals surface area contributed by atoms with Crippen LogP contribution in [0.1, 0.15) is 18.6 Å². The van der Waals surface area contributed by atoms with Crippen LogP contribution in [0.2, 0.25) is 0 Å². The molecule has 10 heteroatoms. The van der Waals surface area contributed by atoms with Gasteiger partial charge in [-0.25, -0.2) is 0 Å². The van der Waals surface area contributed by atoms with E-state index >= 15 is 0 Å². The Morgan fingerprint density at radius 1 is 1.11 bits per heavy atom. The number of benzene rings is 1. The smallest absolute Gasteiger partial charge is 0.306 e. The Hall–Kier alpha value is -3.69. The van der Waals surface area contributed by atoms with Crippen LogP contribution < -0.4 is 10.6 Å². The summed E-state index contributed by atoms with van der Waals surface area (Å²) in [5.74, 6) is -1.13. The molecule has 1 aromatic carbocycles. The Morgan fingerprint density at radius 3 is 2.63 bits per heavy atom. The van der Waals surface area contributed by atoms with E-state index in [1.165, 1.54) is 30.5 Å². The number of carbonyl (C=O) groups excluding carboxylic acids is 3. The van der Waals surface area contributed by atoms with Crippen molar-refractivity contribution in [2.75, 3.05) is 11.9 Å². The zero-order chi connectivity index (χ0) is 19.6. The Bertz CT molecular complexity index is 818. The van der Waals surface area contributed by atoms with E-state index < -0.39 is 23.4 Å². The van der Waals surface area contributed by atoms with E-state index in [1.54, 1.807) is 12.1 Å². The average molecular weight is 375 g/mol. The van der Waals surface area contributed by atoms with Crippen LogP contribution in [-0.4, -0.2) is 29.3 Å². The van der Waals surface area contributed by atoms with Crippen molar-refractivity contribution in [2.24, 2.45) is 0 Å². The summed E-state index contributed by atoms with van der Waals surface area (Å²) >= 11 is 0. The number of rotatable bonds is 9. The van der Waals surface area contributed by atoms with Crippen LogP contribution in [0.5, 0.6) is 0 Å². The van der Waals surface area contributed by atoms with Gasteiger partial charge in [-0.2, -0.15) is 0 Å². The van der Waals surface area contributed by atoms with Gasteiger partial charge in [0.05, 0.1) is 24.2 Å². The maximum absolute atomic E-state index is 11.7. The Labute approximate surface area is 153 Å². The molecule has 2 amide bonds. The molecule has 0 spiro atoms. The Balaban J connectivity index is 1.65. The number of nitro benzene ring substituents is 1. The van der Waals surface area contributed by atoms with Crippen molar-refractivity contribution in [1.29, 1.82) is 0 Å². The van der Waals surface area contributed by atoms with Crippen molar-refractivity contribution in [1.82, 2.24) is 5.32 Å². The molecule has 0 unspecified atom stereocenters. The lowest BCUT2D eigenvalue weighted by molar-refractivity contribution is -0.384. The van der Waals surface area contributed by atoms with Crippen molar-refractivity contribution in [3.05, 3.63) is 58.5 Å². The number of nitrogens with one attached hydrogen (secondary N) is 2. The summed E-state index contributed by atoms with van der Waals surface area (Å²) in [4.78, 5) is 45.0. The van der Waals surface area contributed by atoms with Gasteiger partial charge in [-0.1, -0.05) is 6.07 Å². The molecule has 27 heavy (non-hydrogen) atoms. The number of amides is 2. The first-order valence-electron chi connectivity index (χ1n) is 7.93. The Morgan fingerprint density at radius 2 is 1.93 bits per heavy atom. The highest BCUT2D eigenvalue weighted by Gasteiger charge is 2.12. The normalized spacial score (nSPS) is 10.1. The van der Waals surface area contributed by atoms with Gasteiger partial charge in [0, 0.05) is 24.2 Å². The first-order chi connectivity index (χ1) is 12.9. The molecule has 0 bridgehead atoms. The quantitative estimate of drug-likeness (QED) is 0.386. The third-order valence-electron chi connectivity index (χ3n) is 3.30. The van der Waals surface area contributed by atoms with E-state index in [2.05, 4.69) is 10.6 Å². The highest BCUT2D eigenvalue weighted by molar-refractivity contribution is 5.93. The fourth-order valence-electron chi connectivity index (χ4n) is 2.02. The molecule has 0 aliphatic carbocycles. The average Bonchev–Trinajstić information content (AvgIpc) is 3.16. The highest BCUT2D eigenvalue weighted by Crippen LogP contribution is 2.16. The summed E-state index contributed by atoms with van der Waals surface area (Å²) in [7, 11) is 0. The van der Waals surface area contributed by atoms with Crippen LogP contribution in [0.25, 0.3) is 0 Å². The number of nitrogens with zero attached hydrogens (tertiary/aromatic N) is 1. The molecule has 0 radical (unpaired) electrons. The zero-order valence-electron chi connectivity index (χ0n) is 14.2. The van der Waals surface area contributed by atoms with E-state index in [0.717, 1.165) is 0 Å². The molecule has 2 N–H and O–H groups in total. The van der Waals surface area contributed by atoms with E-state index in [-0.39, 0.29) is 36.7 Å².